The average Bonchev–Trinajstić information content (AvgIpc) is 2.27. The smallest absolute Gasteiger partial charge is 0.0465 e. The van der Waals surface area contributed by atoms with Crippen LogP contribution >= 0.6 is 22.6 Å². The van der Waals surface area contributed by atoms with Crippen LogP contribution in [0.25, 0.3) is 0 Å². The van der Waals surface area contributed by atoms with E-state index in [0.29, 0.717) is 12.0 Å². The van der Waals surface area contributed by atoms with E-state index in [1.54, 1.807) is 7.11 Å². The minimum Gasteiger partial charge on any atom is -0.385 e. The molecule has 1 rings (SSSR count). The summed E-state index contributed by atoms with van der Waals surface area (Å²) in [6, 6.07) is 9.07. The van der Waals surface area contributed by atoms with E-state index >= 15 is 0 Å². The molecule has 0 aliphatic heterocycles. The molecular formula is C13H20INO. The highest BCUT2D eigenvalue weighted by molar-refractivity contribution is 14.1. The fourth-order valence-electron chi connectivity index (χ4n) is 1.95. The van der Waals surface area contributed by atoms with E-state index in [2.05, 4.69) is 59.1 Å². The summed E-state index contributed by atoms with van der Waals surface area (Å²) in [6.45, 7) is 3.09. The Bertz CT molecular complexity index is 317. The van der Waals surface area contributed by atoms with Crippen LogP contribution in [0.5, 0.6) is 0 Å². The van der Waals surface area contributed by atoms with E-state index in [1.807, 2.05) is 7.05 Å². The van der Waals surface area contributed by atoms with Crippen LogP contribution in [-0.2, 0) is 4.74 Å². The van der Waals surface area contributed by atoms with Gasteiger partial charge in [-0.15, -0.1) is 0 Å². The van der Waals surface area contributed by atoms with Crippen LogP contribution in [0.1, 0.15) is 24.9 Å². The lowest BCUT2D eigenvalue weighted by Gasteiger charge is -2.24. The molecule has 2 unspecified atom stereocenters. The Hall–Kier alpha value is -0.130. The molecule has 0 radical (unpaired) electrons. The summed E-state index contributed by atoms with van der Waals surface area (Å²) < 4.78 is 6.42. The quantitative estimate of drug-likeness (QED) is 0.807. The highest BCUT2D eigenvalue weighted by Crippen LogP contribution is 2.25. The maximum Gasteiger partial charge on any atom is 0.0465 e. The number of rotatable bonds is 6. The summed E-state index contributed by atoms with van der Waals surface area (Å²) in [5.74, 6) is 0.572. The van der Waals surface area contributed by atoms with Crippen molar-refractivity contribution in [3.63, 3.8) is 0 Å². The molecule has 0 heterocycles. The van der Waals surface area contributed by atoms with Crippen LogP contribution in [-0.4, -0.2) is 20.8 Å². The highest BCUT2D eigenvalue weighted by atomic mass is 127. The Kier molecular flexibility index (Phi) is 6.31. The van der Waals surface area contributed by atoms with Gasteiger partial charge in [0.25, 0.3) is 0 Å². The van der Waals surface area contributed by atoms with Gasteiger partial charge in [-0.25, -0.2) is 0 Å². The Morgan fingerprint density at radius 3 is 2.75 bits per heavy atom. The lowest BCUT2D eigenvalue weighted by atomic mass is 9.92. The zero-order chi connectivity index (χ0) is 12.0. The second kappa shape index (κ2) is 7.25. The SMILES string of the molecule is CNC(c1cccc(I)c1)C(C)CCOC. The van der Waals surface area contributed by atoms with E-state index in [1.165, 1.54) is 9.13 Å². The summed E-state index contributed by atoms with van der Waals surface area (Å²) in [5, 5.41) is 3.40. The first kappa shape index (κ1) is 13.9. The van der Waals surface area contributed by atoms with Gasteiger partial charge in [0.1, 0.15) is 0 Å². The number of hydrogen-bond acceptors (Lipinski definition) is 2. The van der Waals surface area contributed by atoms with Crippen molar-refractivity contribution in [3.8, 4) is 0 Å². The van der Waals surface area contributed by atoms with E-state index in [4.69, 9.17) is 4.74 Å². The Morgan fingerprint density at radius 1 is 1.44 bits per heavy atom. The maximum atomic E-state index is 5.14. The molecule has 1 aromatic carbocycles. The molecule has 0 saturated carbocycles. The molecule has 90 valence electrons. The van der Waals surface area contributed by atoms with Gasteiger partial charge in [0.15, 0.2) is 0 Å². The van der Waals surface area contributed by atoms with Crippen LogP contribution in [0.15, 0.2) is 24.3 Å². The summed E-state index contributed by atoms with van der Waals surface area (Å²) in [6.07, 6.45) is 1.08. The molecule has 0 aliphatic carbocycles. The molecule has 1 N–H and O–H groups in total. The number of ether oxygens (including phenoxy) is 1. The summed E-state index contributed by atoms with van der Waals surface area (Å²) in [5.41, 5.74) is 1.36. The van der Waals surface area contributed by atoms with E-state index < -0.39 is 0 Å². The number of nitrogens with one attached hydrogen (secondary N) is 1. The fourth-order valence-corrected chi connectivity index (χ4v) is 2.52. The first-order valence-electron chi connectivity index (χ1n) is 5.60. The topological polar surface area (TPSA) is 21.3 Å². The molecule has 16 heavy (non-hydrogen) atoms. The first-order chi connectivity index (χ1) is 7.69. The number of halogens is 1. The number of benzene rings is 1. The monoisotopic (exact) mass is 333 g/mol. The molecule has 0 bridgehead atoms. The molecule has 2 nitrogen and oxygen atoms in total. The van der Waals surface area contributed by atoms with E-state index in [9.17, 15) is 0 Å². The predicted molar refractivity (Wildman–Crippen MR) is 76.6 cm³/mol. The van der Waals surface area contributed by atoms with Crippen LogP contribution in [0, 0.1) is 9.49 Å². The Balaban J connectivity index is 2.73. The second-order valence-electron chi connectivity index (χ2n) is 4.08. The molecule has 0 aliphatic rings. The van der Waals surface area contributed by atoms with Crippen molar-refractivity contribution in [2.75, 3.05) is 20.8 Å². The average molecular weight is 333 g/mol. The molecule has 1 aromatic rings. The third-order valence-corrected chi connectivity index (χ3v) is 3.54. The number of methoxy groups -OCH3 is 1. The second-order valence-corrected chi connectivity index (χ2v) is 5.33. The van der Waals surface area contributed by atoms with Crippen molar-refractivity contribution >= 4 is 22.6 Å². The van der Waals surface area contributed by atoms with Gasteiger partial charge < -0.3 is 10.1 Å². The minimum atomic E-state index is 0.407. The molecule has 0 amide bonds. The van der Waals surface area contributed by atoms with Gasteiger partial charge in [-0.1, -0.05) is 19.1 Å². The molecule has 0 saturated heterocycles. The van der Waals surface area contributed by atoms with Gasteiger partial charge in [-0.2, -0.15) is 0 Å². The lowest BCUT2D eigenvalue weighted by molar-refractivity contribution is 0.171. The van der Waals surface area contributed by atoms with Gasteiger partial charge in [0, 0.05) is 23.3 Å². The molecule has 3 heteroatoms. The third kappa shape index (κ3) is 4.03. The van der Waals surface area contributed by atoms with Crippen molar-refractivity contribution in [1.29, 1.82) is 0 Å². The lowest BCUT2D eigenvalue weighted by Crippen LogP contribution is -2.24. The van der Waals surface area contributed by atoms with Crippen LogP contribution in [0.2, 0.25) is 0 Å². The van der Waals surface area contributed by atoms with Crippen molar-refractivity contribution in [3.05, 3.63) is 33.4 Å². The van der Waals surface area contributed by atoms with E-state index in [-0.39, 0.29) is 0 Å². The van der Waals surface area contributed by atoms with Crippen molar-refractivity contribution in [2.45, 2.75) is 19.4 Å². The van der Waals surface area contributed by atoms with Gasteiger partial charge in [0.2, 0.25) is 0 Å². The minimum absolute atomic E-state index is 0.407. The highest BCUT2D eigenvalue weighted by Gasteiger charge is 2.17. The zero-order valence-electron chi connectivity index (χ0n) is 10.2. The summed E-state index contributed by atoms with van der Waals surface area (Å²) in [7, 11) is 3.78. The standard InChI is InChI=1S/C13H20INO/c1-10(7-8-16-3)13(15-2)11-5-4-6-12(14)9-11/h4-6,9-10,13,15H,7-8H2,1-3H3. The van der Waals surface area contributed by atoms with Crippen LogP contribution in [0.4, 0.5) is 0 Å². The molecule has 2 atom stereocenters. The van der Waals surface area contributed by atoms with Crippen molar-refractivity contribution in [1.82, 2.24) is 5.32 Å². The fraction of sp³-hybridized carbons (Fsp3) is 0.538. The van der Waals surface area contributed by atoms with Crippen LogP contribution in [0.3, 0.4) is 0 Å². The first-order valence-corrected chi connectivity index (χ1v) is 6.68. The Morgan fingerprint density at radius 2 is 2.19 bits per heavy atom. The molecule has 0 fully saturated rings. The molecule has 0 spiro atoms. The maximum absolute atomic E-state index is 5.14. The summed E-state index contributed by atoms with van der Waals surface area (Å²) in [4.78, 5) is 0. The van der Waals surface area contributed by atoms with Gasteiger partial charge >= 0.3 is 0 Å². The Labute approximate surface area is 112 Å². The zero-order valence-corrected chi connectivity index (χ0v) is 12.3. The summed E-state index contributed by atoms with van der Waals surface area (Å²) >= 11 is 2.35. The normalized spacial score (nSPS) is 14.8. The predicted octanol–water partition coefficient (Wildman–Crippen LogP) is 3.22. The van der Waals surface area contributed by atoms with Gasteiger partial charge in [0.05, 0.1) is 0 Å². The van der Waals surface area contributed by atoms with Crippen molar-refractivity contribution in [2.24, 2.45) is 5.92 Å². The largest absolute Gasteiger partial charge is 0.385 e. The van der Waals surface area contributed by atoms with Gasteiger partial charge in [-0.05, 0) is 59.7 Å². The number of hydrogen-bond donors (Lipinski definition) is 1. The third-order valence-electron chi connectivity index (χ3n) is 2.87. The van der Waals surface area contributed by atoms with Crippen molar-refractivity contribution < 1.29 is 4.74 Å². The van der Waals surface area contributed by atoms with Crippen LogP contribution < -0.4 is 5.32 Å². The van der Waals surface area contributed by atoms with Gasteiger partial charge in [-0.3, -0.25) is 0 Å². The van der Waals surface area contributed by atoms with E-state index in [0.717, 1.165) is 13.0 Å². The molecule has 0 aromatic heterocycles. The molecular weight excluding hydrogens is 313 g/mol.